The Kier molecular flexibility index (Phi) is 3.86. The summed E-state index contributed by atoms with van der Waals surface area (Å²) in [5, 5.41) is 0.219. The first kappa shape index (κ1) is 14.0. The van der Waals surface area contributed by atoms with E-state index in [-0.39, 0.29) is 24.2 Å². The van der Waals surface area contributed by atoms with E-state index in [2.05, 4.69) is 0 Å². The Bertz CT molecular complexity index is 658. The van der Waals surface area contributed by atoms with E-state index in [0.29, 0.717) is 18.0 Å². The van der Waals surface area contributed by atoms with Crippen molar-refractivity contribution in [3.63, 3.8) is 0 Å². The molecule has 0 saturated heterocycles. The van der Waals surface area contributed by atoms with Crippen LogP contribution in [-0.4, -0.2) is 6.79 Å². The van der Waals surface area contributed by atoms with Crippen molar-refractivity contribution < 1.29 is 18.6 Å². The minimum atomic E-state index is -0.510. The molecule has 2 aromatic rings. The third-order valence-electron chi connectivity index (χ3n) is 3.10. The topological polar surface area (TPSA) is 53.7 Å². The number of hydrogen-bond acceptors (Lipinski definition) is 4. The molecule has 2 N–H and O–H groups in total. The molecule has 0 bridgehead atoms. The summed E-state index contributed by atoms with van der Waals surface area (Å²) >= 11 is 5.93. The summed E-state index contributed by atoms with van der Waals surface area (Å²) in [7, 11) is 0. The highest BCUT2D eigenvalue weighted by atomic mass is 35.5. The zero-order chi connectivity index (χ0) is 14.8. The van der Waals surface area contributed by atoms with Gasteiger partial charge in [-0.25, -0.2) is 4.39 Å². The van der Waals surface area contributed by atoms with Gasteiger partial charge in [-0.2, -0.15) is 0 Å². The summed E-state index contributed by atoms with van der Waals surface area (Å²) in [4.78, 5) is 0. The molecular weight excluding hydrogens is 297 g/mol. The van der Waals surface area contributed by atoms with E-state index in [9.17, 15) is 4.39 Å². The lowest BCUT2D eigenvalue weighted by Crippen LogP contribution is -2.14. The first-order valence-electron chi connectivity index (χ1n) is 6.34. The fourth-order valence-electron chi connectivity index (χ4n) is 2.20. The molecule has 0 saturated carbocycles. The SMILES string of the molecule is Nc1cc2c(c(COc3c(F)cccc3Cl)c1)OCOC2. The van der Waals surface area contributed by atoms with Crippen LogP contribution in [0.4, 0.5) is 10.1 Å². The maximum absolute atomic E-state index is 13.7. The van der Waals surface area contributed by atoms with Crippen molar-refractivity contribution in [2.75, 3.05) is 12.5 Å². The van der Waals surface area contributed by atoms with E-state index in [1.54, 1.807) is 18.2 Å². The van der Waals surface area contributed by atoms with Crippen LogP contribution in [0.3, 0.4) is 0 Å². The molecule has 0 atom stereocenters. The number of anilines is 1. The van der Waals surface area contributed by atoms with Gasteiger partial charge in [-0.3, -0.25) is 0 Å². The maximum atomic E-state index is 13.7. The zero-order valence-corrected chi connectivity index (χ0v) is 11.8. The molecule has 0 radical (unpaired) electrons. The number of rotatable bonds is 3. The van der Waals surface area contributed by atoms with Crippen LogP contribution in [-0.2, 0) is 18.0 Å². The number of nitrogen functional groups attached to an aromatic ring is 1. The number of benzene rings is 2. The Morgan fingerprint density at radius 2 is 2.19 bits per heavy atom. The van der Waals surface area contributed by atoms with Crippen LogP contribution in [0.15, 0.2) is 30.3 Å². The average Bonchev–Trinajstić information content (AvgIpc) is 2.46. The van der Waals surface area contributed by atoms with E-state index in [1.165, 1.54) is 12.1 Å². The number of para-hydroxylation sites is 1. The molecule has 4 nitrogen and oxygen atoms in total. The van der Waals surface area contributed by atoms with Crippen molar-refractivity contribution in [3.05, 3.63) is 52.3 Å². The Hall–Kier alpha value is -1.98. The molecule has 1 aliphatic rings. The molecule has 2 aromatic carbocycles. The molecule has 3 rings (SSSR count). The highest BCUT2D eigenvalue weighted by molar-refractivity contribution is 6.32. The summed E-state index contributed by atoms with van der Waals surface area (Å²) in [5.41, 5.74) is 7.99. The van der Waals surface area contributed by atoms with Gasteiger partial charge >= 0.3 is 0 Å². The van der Waals surface area contributed by atoms with Crippen LogP contribution in [0, 0.1) is 5.82 Å². The van der Waals surface area contributed by atoms with Gasteiger partial charge in [0.1, 0.15) is 12.4 Å². The predicted octanol–water partition coefficient (Wildman–Crippen LogP) is 3.51. The van der Waals surface area contributed by atoms with E-state index in [1.807, 2.05) is 0 Å². The lowest BCUT2D eigenvalue weighted by atomic mass is 10.1. The van der Waals surface area contributed by atoms with Crippen LogP contribution < -0.4 is 15.2 Å². The minimum absolute atomic E-state index is 0.0161. The largest absolute Gasteiger partial charge is 0.484 e. The molecule has 0 unspecified atom stereocenters. The molecule has 110 valence electrons. The van der Waals surface area contributed by atoms with E-state index < -0.39 is 5.82 Å². The lowest BCUT2D eigenvalue weighted by molar-refractivity contribution is -0.0175. The molecule has 0 aromatic heterocycles. The monoisotopic (exact) mass is 309 g/mol. The molecular formula is C15H13ClFNO3. The van der Waals surface area contributed by atoms with E-state index in [0.717, 1.165) is 11.1 Å². The standard InChI is InChI=1S/C15H13ClFNO3/c16-12-2-1-3-13(17)15(12)20-7-10-5-11(18)4-9-6-19-8-21-14(9)10/h1-5H,6-8,18H2. The van der Waals surface area contributed by atoms with Crippen LogP contribution in [0.1, 0.15) is 11.1 Å². The second-order valence-corrected chi connectivity index (χ2v) is 5.03. The third kappa shape index (κ3) is 2.89. The van der Waals surface area contributed by atoms with Crippen molar-refractivity contribution in [1.82, 2.24) is 0 Å². The first-order valence-corrected chi connectivity index (χ1v) is 6.71. The highest BCUT2D eigenvalue weighted by Crippen LogP contribution is 2.33. The minimum Gasteiger partial charge on any atom is -0.484 e. The van der Waals surface area contributed by atoms with Gasteiger partial charge in [0.25, 0.3) is 0 Å². The Morgan fingerprint density at radius 3 is 3.00 bits per heavy atom. The molecule has 0 amide bonds. The Morgan fingerprint density at radius 1 is 1.33 bits per heavy atom. The van der Waals surface area contributed by atoms with Crippen molar-refractivity contribution in [3.8, 4) is 11.5 Å². The second kappa shape index (κ2) is 5.79. The van der Waals surface area contributed by atoms with E-state index in [4.69, 9.17) is 31.5 Å². The molecule has 1 heterocycles. The van der Waals surface area contributed by atoms with E-state index >= 15 is 0 Å². The Labute approximate surface area is 126 Å². The van der Waals surface area contributed by atoms with Crippen molar-refractivity contribution in [2.45, 2.75) is 13.2 Å². The van der Waals surface area contributed by atoms with Gasteiger partial charge in [0.05, 0.1) is 11.6 Å². The normalized spacial score (nSPS) is 13.4. The van der Waals surface area contributed by atoms with Crippen LogP contribution in [0.5, 0.6) is 11.5 Å². The van der Waals surface area contributed by atoms with Gasteiger partial charge in [-0.1, -0.05) is 17.7 Å². The molecule has 21 heavy (non-hydrogen) atoms. The number of nitrogens with two attached hydrogens (primary N) is 1. The first-order chi connectivity index (χ1) is 10.1. The van der Waals surface area contributed by atoms with Gasteiger partial charge in [0.2, 0.25) is 0 Å². The van der Waals surface area contributed by atoms with Crippen LogP contribution >= 0.6 is 11.6 Å². The number of hydrogen-bond donors (Lipinski definition) is 1. The quantitative estimate of drug-likeness (QED) is 0.882. The van der Waals surface area contributed by atoms with Crippen LogP contribution in [0.2, 0.25) is 5.02 Å². The summed E-state index contributed by atoms with van der Waals surface area (Å²) < 4.78 is 29.9. The summed E-state index contributed by atoms with van der Waals surface area (Å²) in [6.45, 7) is 0.701. The molecule has 0 aliphatic carbocycles. The van der Waals surface area contributed by atoms with Gasteiger partial charge in [-0.15, -0.1) is 0 Å². The third-order valence-corrected chi connectivity index (χ3v) is 3.40. The maximum Gasteiger partial charge on any atom is 0.189 e. The average molecular weight is 310 g/mol. The van der Waals surface area contributed by atoms with Crippen molar-refractivity contribution >= 4 is 17.3 Å². The molecule has 0 fully saturated rings. The molecule has 6 heteroatoms. The van der Waals surface area contributed by atoms with Gasteiger partial charge < -0.3 is 19.9 Å². The van der Waals surface area contributed by atoms with Gasteiger partial charge in [0, 0.05) is 16.8 Å². The van der Waals surface area contributed by atoms with Gasteiger partial charge in [-0.05, 0) is 24.3 Å². The smallest absolute Gasteiger partial charge is 0.189 e. The summed E-state index contributed by atoms with van der Waals surface area (Å²) in [6.07, 6.45) is 0. The predicted molar refractivity (Wildman–Crippen MR) is 76.9 cm³/mol. The Balaban J connectivity index is 1.87. The van der Waals surface area contributed by atoms with Crippen LogP contribution in [0.25, 0.3) is 0 Å². The number of ether oxygens (including phenoxy) is 3. The lowest BCUT2D eigenvalue weighted by Gasteiger charge is -2.21. The fourth-order valence-corrected chi connectivity index (χ4v) is 2.42. The zero-order valence-electron chi connectivity index (χ0n) is 11.1. The molecule has 0 spiro atoms. The summed E-state index contributed by atoms with van der Waals surface area (Å²) in [6, 6.07) is 7.90. The summed E-state index contributed by atoms with van der Waals surface area (Å²) in [5.74, 6) is 0.176. The number of halogens is 2. The fraction of sp³-hybridized carbons (Fsp3) is 0.200. The second-order valence-electron chi connectivity index (χ2n) is 4.62. The van der Waals surface area contributed by atoms with Crippen molar-refractivity contribution in [1.29, 1.82) is 0 Å². The van der Waals surface area contributed by atoms with Crippen molar-refractivity contribution in [2.24, 2.45) is 0 Å². The highest BCUT2D eigenvalue weighted by Gasteiger charge is 2.17. The molecule has 1 aliphatic heterocycles. The van der Waals surface area contributed by atoms with Gasteiger partial charge in [0.15, 0.2) is 18.4 Å². The number of fused-ring (bicyclic) bond motifs is 1.